The molecule has 4 heterocycles. The summed E-state index contributed by atoms with van der Waals surface area (Å²) in [5.74, 6) is 0.686. The molecular formula is C51H31N3S2. The molecule has 0 fully saturated rings. The molecule has 0 saturated carbocycles. The van der Waals surface area contributed by atoms with E-state index < -0.39 is 0 Å². The Morgan fingerprint density at radius 1 is 0.321 bits per heavy atom. The molecule has 11 aromatic rings. The van der Waals surface area contributed by atoms with Gasteiger partial charge in [0.15, 0.2) is 5.82 Å². The Balaban J connectivity index is 1.17. The molecule has 0 amide bonds. The molecule has 0 aliphatic rings. The first-order chi connectivity index (χ1) is 27.7. The Kier molecular flexibility index (Phi) is 7.87. The van der Waals surface area contributed by atoms with Crippen molar-refractivity contribution >= 4 is 63.0 Å². The minimum atomic E-state index is 0.686. The SMILES string of the molecule is c1ccc(-c2cc(-c3cccc(-c4ccncc4)c3)nc(-c3cc(-c4cccc5c4sc4ccccc45)cc(-c4cccc5c4sc4ccccc45)c3)n2)cc1. The van der Waals surface area contributed by atoms with Crippen LogP contribution in [-0.4, -0.2) is 15.0 Å². The second kappa shape index (κ2) is 13.5. The smallest absolute Gasteiger partial charge is 0.160 e. The predicted molar refractivity (Wildman–Crippen MR) is 238 cm³/mol. The minimum absolute atomic E-state index is 0.686. The van der Waals surface area contributed by atoms with Gasteiger partial charge in [0.25, 0.3) is 0 Å². The largest absolute Gasteiger partial charge is 0.265 e. The van der Waals surface area contributed by atoms with E-state index >= 15 is 0 Å². The molecule has 0 bridgehead atoms. The molecule has 0 radical (unpaired) electrons. The fourth-order valence-corrected chi connectivity index (χ4v) is 10.4. The second-order valence-electron chi connectivity index (χ2n) is 14.0. The molecule has 5 heteroatoms. The maximum atomic E-state index is 5.38. The summed E-state index contributed by atoms with van der Waals surface area (Å²) in [6, 6.07) is 63.0. The van der Waals surface area contributed by atoms with Crippen LogP contribution in [0.25, 0.3) is 108 Å². The van der Waals surface area contributed by atoms with E-state index in [9.17, 15) is 0 Å². The topological polar surface area (TPSA) is 38.7 Å². The Morgan fingerprint density at radius 2 is 0.804 bits per heavy atom. The van der Waals surface area contributed by atoms with Gasteiger partial charge in [0.2, 0.25) is 0 Å². The monoisotopic (exact) mass is 749 g/mol. The number of hydrogen-bond acceptors (Lipinski definition) is 5. The third-order valence-corrected chi connectivity index (χ3v) is 13.0. The van der Waals surface area contributed by atoms with Crippen LogP contribution >= 0.6 is 22.7 Å². The highest BCUT2D eigenvalue weighted by molar-refractivity contribution is 7.26. The number of nitrogens with zero attached hydrogens (tertiary/aromatic N) is 3. The van der Waals surface area contributed by atoms with Gasteiger partial charge in [-0.15, -0.1) is 22.7 Å². The zero-order valence-corrected chi connectivity index (χ0v) is 31.7. The summed E-state index contributed by atoms with van der Waals surface area (Å²) in [7, 11) is 0. The van der Waals surface area contributed by atoms with Crippen LogP contribution in [-0.2, 0) is 0 Å². The standard InChI is InChI=1S/C51H31N3S2/c1-2-11-33(12-3-1)45-31-46(35-14-8-13-34(27-35)32-23-25-52-26-24-32)54-51(53-45)38-29-36(39-17-9-19-43-41-15-4-6-21-47(41)55-49(39)43)28-37(30-38)40-18-10-20-44-42-16-5-7-22-48(42)56-50(40)44/h1-31H. The van der Waals surface area contributed by atoms with Gasteiger partial charge in [0.05, 0.1) is 11.4 Å². The Hall–Kier alpha value is -6.79. The van der Waals surface area contributed by atoms with Gasteiger partial charge in [0.1, 0.15) is 0 Å². The molecule has 0 atom stereocenters. The van der Waals surface area contributed by atoms with Crippen LogP contribution in [0.5, 0.6) is 0 Å². The van der Waals surface area contributed by atoms with Gasteiger partial charge in [-0.25, -0.2) is 9.97 Å². The maximum Gasteiger partial charge on any atom is 0.160 e. The zero-order chi connectivity index (χ0) is 37.0. The van der Waals surface area contributed by atoms with E-state index in [0.717, 1.165) is 50.3 Å². The van der Waals surface area contributed by atoms with Crippen LogP contribution in [0.2, 0.25) is 0 Å². The maximum absolute atomic E-state index is 5.38. The van der Waals surface area contributed by atoms with Crippen LogP contribution in [0.15, 0.2) is 188 Å². The molecule has 11 rings (SSSR count). The van der Waals surface area contributed by atoms with Crippen molar-refractivity contribution in [2.24, 2.45) is 0 Å². The average Bonchev–Trinajstić information content (AvgIpc) is 3.86. The Bertz CT molecular complexity index is 3120. The van der Waals surface area contributed by atoms with Gasteiger partial charge in [-0.1, -0.05) is 121 Å². The fourth-order valence-electron chi connectivity index (χ4n) is 7.90. The van der Waals surface area contributed by atoms with Crippen molar-refractivity contribution in [2.45, 2.75) is 0 Å². The first-order valence-corrected chi connectivity index (χ1v) is 20.3. The molecule has 0 saturated heterocycles. The summed E-state index contributed by atoms with van der Waals surface area (Å²) in [5, 5.41) is 5.14. The lowest BCUT2D eigenvalue weighted by molar-refractivity contribution is 1.18. The minimum Gasteiger partial charge on any atom is -0.265 e. The van der Waals surface area contributed by atoms with E-state index in [1.54, 1.807) is 0 Å². The quantitative estimate of drug-likeness (QED) is 0.170. The van der Waals surface area contributed by atoms with E-state index in [-0.39, 0.29) is 0 Å². The lowest BCUT2D eigenvalue weighted by Crippen LogP contribution is -1.97. The number of fused-ring (bicyclic) bond motifs is 6. The van der Waals surface area contributed by atoms with Crippen LogP contribution in [0, 0.1) is 0 Å². The molecule has 0 aliphatic heterocycles. The lowest BCUT2D eigenvalue weighted by atomic mass is 9.94. The Labute approximate surface area is 331 Å². The highest BCUT2D eigenvalue weighted by atomic mass is 32.1. The summed E-state index contributed by atoms with van der Waals surface area (Å²) in [5.41, 5.74) is 11.7. The highest BCUT2D eigenvalue weighted by Gasteiger charge is 2.18. The predicted octanol–water partition coefficient (Wildman–Crippen LogP) is 14.6. The molecule has 7 aromatic carbocycles. The van der Waals surface area contributed by atoms with Crippen LogP contribution in [0.3, 0.4) is 0 Å². The number of rotatable bonds is 6. The number of pyridine rings is 1. The van der Waals surface area contributed by atoms with Crippen LogP contribution < -0.4 is 0 Å². The normalized spacial score (nSPS) is 11.6. The highest BCUT2D eigenvalue weighted by Crippen LogP contribution is 2.45. The van der Waals surface area contributed by atoms with Crippen molar-refractivity contribution < 1.29 is 0 Å². The van der Waals surface area contributed by atoms with Crippen molar-refractivity contribution in [3.05, 3.63) is 188 Å². The van der Waals surface area contributed by atoms with Crippen molar-refractivity contribution in [1.82, 2.24) is 15.0 Å². The summed E-state index contributed by atoms with van der Waals surface area (Å²) in [6.07, 6.45) is 3.67. The zero-order valence-electron chi connectivity index (χ0n) is 30.1. The number of hydrogen-bond donors (Lipinski definition) is 0. The molecule has 262 valence electrons. The molecule has 56 heavy (non-hydrogen) atoms. The summed E-state index contributed by atoms with van der Waals surface area (Å²) < 4.78 is 5.15. The fraction of sp³-hybridized carbons (Fsp3) is 0. The third-order valence-electron chi connectivity index (χ3n) is 10.6. The van der Waals surface area contributed by atoms with Crippen LogP contribution in [0.4, 0.5) is 0 Å². The molecule has 3 nitrogen and oxygen atoms in total. The second-order valence-corrected chi connectivity index (χ2v) is 16.1. The number of aromatic nitrogens is 3. The van der Waals surface area contributed by atoms with Crippen molar-refractivity contribution in [3.8, 4) is 67.3 Å². The van der Waals surface area contributed by atoms with Crippen molar-refractivity contribution in [2.75, 3.05) is 0 Å². The van der Waals surface area contributed by atoms with Gasteiger partial charge in [-0.3, -0.25) is 4.98 Å². The molecule has 0 N–H and O–H groups in total. The summed E-state index contributed by atoms with van der Waals surface area (Å²) in [4.78, 5) is 14.9. The number of benzene rings is 7. The molecule has 4 aromatic heterocycles. The summed E-state index contributed by atoms with van der Waals surface area (Å²) in [6.45, 7) is 0. The van der Waals surface area contributed by atoms with E-state index in [1.807, 2.05) is 53.3 Å². The molecule has 0 aliphatic carbocycles. The third kappa shape index (κ3) is 5.68. The average molecular weight is 750 g/mol. The lowest BCUT2D eigenvalue weighted by Gasteiger charge is -2.14. The first-order valence-electron chi connectivity index (χ1n) is 18.7. The van der Waals surface area contributed by atoms with E-state index in [4.69, 9.17) is 9.97 Å². The molecular weight excluding hydrogens is 719 g/mol. The Morgan fingerprint density at radius 3 is 1.45 bits per heavy atom. The van der Waals surface area contributed by atoms with E-state index in [0.29, 0.717) is 5.82 Å². The van der Waals surface area contributed by atoms with Gasteiger partial charge >= 0.3 is 0 Å². The molecule has 0 spiro atoms. The van der Waals surface area contributed by atoms with Crippen LogP contribution in [0.1, 0.15) is 0 Å². The van der Waals surface area contributed by atoms with Gasteiger partial charge in [-0.05, 0) is 88.0 Å². The van der Waals surface area contributed by atoms with Crippen molar-refractivity contribution in [3.63, 3.8) is 0 Å². The first kappa shape index (κ1) is 32.6. The van der Waals surface area contributed by atoms with Crippen molar-refractivity contribution in [1.29, 1.82) is 0 Å². The van der Waals surface area contributed by atoms with Gasteiger partial charge in [-0.2, -0.15) is 0 Å². The van der Waals surface area contributed by atoms with E-state index in [1.165, 1.54) is 51.5 Å². The molecule has 0 unspecified atom stereocenters. The van der Waals surface area contributed by atoms with Gasteiger partial charge < -0.3 is 0 Å². The summed E-state index contributed by atoms with van der Waals surface area (Å²) >= 11 is 3.72. The van der Waals surface area contributed by atoms with Gasteiger partial charge in [0, 0.05) is 69.4 Å². The van der Waals surface area contributed by atoms with E-state index in [2.05, 4.69) is 163 Å². The number of thiophene rings is 2.